The predicted molar refractivity (Wildman–Crippen MR) is 119 cm³/mol. The van der Waals surface area contributed by atoms with E-state index in [0.717, 1.165) is 35.0 Å². The molecule has 1 aliphatic carbocycles. The summed E-state index contributed by atoms with van der Waals surface area (Å²) in [6, 6.07) is 5.31. The topological polar surface area (TPSA) is 81.3 Å². The van der Waals surface area contributed by atoms with E-state index in [4.69, 9.17) is 11.6 Å². The molecule has 154 valence electrons. The largest absolute Gasteiger partial charge is 0.352 e. The van der Waals surface area contributed by atoms with Crippen LogP contribution in [0, 0.1) is 6.92 Å². The second kappa shape index (κ2) is 7.52. The van der Waals surface area contributed by atoms with Crippen LogP contribution in [0.1, 0.15) is 35.3 Å². The van der Waals surface area contributed by atoms with Crippen LogP contribution in [-0.4, -0.2) is 25.1 Å². The minimum absolute atomic E-state index is 0.180. The average molecular weight is 442 g/mol. The predicted octanol–water partition coefficient (Wildman–Crippen LogP) is 3.98. The summed E-state index contributed by atoms with van der Waals surface area (Å²) < 4.78 is 2.64. The number of aromatic nitrogens is 4. The summed E-state index contributed by atoms with van der Waals surface area (Å²) in [7, 11) is 0. The Bertz CT molecular complexity index is 1350. The molecular formula is C21H20ClN5O2S. The molecule has 3 aromatic heterocycles. The molecule has 1 aliphatic rings. The van der Waals surface area contributed by atoms with E-state index < -0.39 is 0 Å². The van der Waals surface area contributed by atoms with Crippen molar-refractivity contribution in [3.63, 3.8) is 0 Å². The van der Waals surface area contributed by atoms with Gasteiger partial charge < -0.3 is 5.32 Å². The van der Waals surface area contributed by atoms with Crippen LogP contribution >= 0.6 is 22.9 Å². The molecule has 0 radical (unpaired) electrons. The van der Waals surface area contributed by atoms with Gasteiger partial charge in [0, 0.05) is 15.6 Å². The van der Waals surface area contributed by atoms with Crippen LogP contribution < -0.4 is 11.0 Å². The summed E-state index contributed by atoms with van der Waals surface area (Å²) in [6.07, 6.45) is 7.07. The normalized spacial score (nSPS) is 14.1. The Morgan fingerprint density at radius 1 is 1.27 bits per heavy atom. The van der Waals surface area contributed by atoms with E-state index in [1.54, 1.807) is 29.5 Å². The first-order valence-corrected chi connectivity index (χ1v) is 11.2. The molecule has 0 saturated heterocycles. The van der Waals surface area contributed by atoms with Gasteiger partial charge in [-0.2, -0.15) is 0 Å². The first-order valence-electron chi connectivity index (χ1n) is 9.96. The lowest BCUT2D eigenvalue weighted by Gasteiger charge is -2.09. The van der Waals surface area contributed by atoms with Gasteiger partial charge in [0.15, 0.2) is 5.65 Å². The number of carbonyl (C=O) groups excluding carboxylic acids is 1. The van der Waals surface area contributed by atoms with Crippen LogP contribution in [0.15, 0.2) is 29.3 Å². The molecule has 1 aromatic carbocycles. The number of thiophene rings is 1. The summed E-state index contributed by atoms with van der Waals surface area (Å²) in [4.78, 5) is 32.2. The lowest BCUT2D eigenvalue weighted by Crippen LogP contribution is -2.28. The summed E-state index contributed by atoms with van der Waals surface area (Å²) in [5, 5.41) is 8.87. The van der Waals surface area contributed by atoms with E-state index >= 15 is 0 Å². The van der Waals surface area contributed by atoms with Crippen molar-refractivity contribution in [1.29, 1.82) is 0 Å². The van der Waals surface area contributed by atoms with Crippen molar-refractivity contribution in [2.24, 2.45) is 0 Å². The Hall–Kier alpha value is -2.71. The minimum atomic E-state index is -0.370. The molecule has 9 heteroatoms. The van der Waals surface area contributed by atoms with Gasteiger partial charge in [-0.05, 0) is 55.9 Å². The van der Waals surface area contributed by atoms with Crippen molar-refractivity contribution in [2.45, 2.75) is 45.6 Å². The highest BCUT2D eigenvalue weighted by atomic mass is 35.5. The number of amides is 1. The van der Waals surface area contributed by atoms with Crippen LogP contribution in [0.4, 0.5) is 5.69 Å². The number of fused-ring (bicyclic) bond motifs is 5. The van der Waals surface area contributed by atoms with Crippen LogP contribution in [0.25, 0.3) is 15.9 Å². The lowest BCUT2D eigenvalue weighted by molar-refractivity contribution is -0.117. The second-order valence-corrected chi connectivity index (χ2v) is 9.07. The van der Waals surface area contributed by atoms with Crippen molar-refractivity contribution >= 4 is 50.4 Å². The fourth-order valence-electron chi connectivity index (χ4n) is 4.03. The Morgan fingerprint density at radius 2 is 2.10 bits per heavy atom. The molecule has 0 spiro atoms. The zero-order valence-electron chi connectivity index (χ0n) is 16.4. The Balaban J connectivity index is 1.52. The first-order chi connectivity index (χ1) is 14.5. The summed E-state index contributed by atoms with van der Waals surface area (Å²) >= 11 is 7.82. The number of benzene rings is 1. The zero-order chi connectivity index (χ0) is 20.8. The third-order valence-corrected chi connectivity index (χ3v) is 7.23. The van der Waals surface area contributed by atoms with Gasteiger partial charge in [0.2, 0.25) is 5.91 Å². The first kappa shape index (κ1) is 19.3. The number of hydrogen-bond donors (Lipinski definition) is 1. The maximum atomic E-state index is 12.9. The highest BCUT2D eigenvalue weighted by molar-refractivity contribution is 7.19. The molecular weight excluding hydrogens is 422 g/mol. The monoisotopic (exact) mass is 441 g/mol. The van der Waals surface area contributed by atoms with Crippen LogP contribution in [0.5, 0.6) is 0 Å². The SMILES string of the molecule is Cc1c(Cl)cccc1NC(=O)Cn1nc2c3c4c(sc3ncn2c1=O)CCCCC4. The summed E-state index contributed by atoms with van der Waals surface area (Å²) in [5.41, 5.74) is 2.88. The van der Waals surface area contributed by atoms with E-state index in [1.165, 1.54) is 38.7 Å². The molecule has 0 saturated carbocycles. The van der Waals surface area contributed by atoms with E-state index in [-0.39, 0.29) is 18.1 Å². The molecule has 0 atom stereocenters. The van der Waals surface area contributed by atoms with Crippen LogP contribution in [-0.2, 0) is 24.2 Å². The molecule has 3 heterocycles. The maximum absolute atomic E-state index is 12.9. The fraction of sp³-hybridized carbons (Fsp3) is 0.333. The van der Waals surface area contributed by atoms with Gasteiger partial charge in [-0.1, -0.05) is 24.1 Å². The number of nitrogens with zero attached hydrogens (tertiary/aromatic N) is 4. The Labute approximate surface area is 181 Å². The maximum Gasteiger partial charge on any atom is 0.352 e. The van der Waals surface area contributed by atoms with E-state index in [0.29, 0.717) is 16.4 Å². The van der Waals surface area contributed by atoms with Gasteiger partial charge in [-0.15, -0.1) is 16.4 Å². The Morgan fingerprint density at radius 3 is 2.97 bits per heavy atom. The van der Waals surface area contributed by atoms with Crippen LogP contribution in [0.2, 0.25) is 5.02 Å². The van der Waals surface area contributed by atoms with Gasteiger partial charge in [0.05, 0.1) is 5.39 Å². The molecule has 0 aliphatic heterocycles. The number of aryl methyl sites for hydroxylation is 2. The highest BCUT2D eigenvalue weighted by Crippen LogP contribution is 2.36. The number of hydrogen-bond acceptors (Lipinski definition) is 5. The van der Waals surface area contributed by atoms with Gasteiger partial charge in [0.1, 0.15) is 17.7 Å². The van der Waals surface area contributed by atoms with Gasteiger partial charge >= 0.3 is 5.69 Å². The molecule has 5 rings (SSSR count). The van der Waals surface area contributed by atoms with Crippen molar-refractivity contribution in [3.8, 4) is 0 Å². The lowest BCUT2D eigenvalue weighted by atomic mass is 10.1. The zero-order valence-corrected chi connectivity index (χ0v) is 18.0. The molecule has 0 fully saturated rings. The second-order valence-electron chi connectivity index (χ2n) is 7.58. The molecule has 30 heavy (non-hydrogen) atoms. The third kappa shape index (κ3) is 3.20. The molecule has 1 N–H and O–H groups in total. The third-order valence-electron chi connectivity index (χ3n) is 5.62. The molecule has 0 unspecified atom stereocenters. The molecule has 4 aromatic rings. The minimum Gasteiger partial charge on any atom is -0.324 e. The van der Waals surface area contributed by atoms with Crippen molar-refractivity contribution in [1.82, 2.24) is 19.2 Å². The van der Waals surface area contributed by atoms with Crippen molar-refractivity contribution in [2.75, 3.05) is 5.32 Å². The smallest absolute Gasteiger partial charge is 0.324 e. The summed E-state index contributed by atoms with van der Waals surface area (Å²) in [6.45, 7) is 1.65. The number of anilines is 1. The average Bonchev–Trinajstić information content (AvgIpc) is 3.13. The number of carbonyl (C=O) groups is 1. The fourth-order valence-corrected chi connectivity index (χ4v) is 5.42. The number of halogens is 1. The molecule has 0 bridgehead atoms. The number of rotatable bonds is 3. The van der Waals surface area contributed by atoms with Gasteiger partial charge in [-0.25, -0.2) is 18.9 Å². The van der Waals surface area contributed by atoms with Crippen molar-refractivity contribution in [3.05, 3.63) is 56.0 Å². The Kier molecular flexibility index (Phi) is 4.83. The number of nitrogens with one attached hydrogen (secondary N) is 1. The van der Waals surface area contributed by atoms with Crippen LogP contribution in [0.3, 0.4) is 0 Å². The van der Waals surface area contributed by atoms with Crippen molar-refractivity contribution < 1.29 is 4.79 Å². The quantitative estimate of drug-likeness (QED) is 0.487. The standard InChI is InChI=1S/C21H20ClN5O2S/c1-12-14(22)7-5-8-15(12)24-17(28)10-27-21(29)26-11-23-20-18(19(26)25-27)13-6-3-2-4-9-16(13)30-20/h5,7-8,11H,2-4,6,9-10H2,1H3,(H,24,28). The molecule has 1 amide bonds. The summed E-state index contributed by atoms with van der Waals surface area (Å²) in [5.74, 6) is -0.334. The van der Waals surface area contributed by atoms with E-state index in [1.807, 2.05) is 6.92 Å². The molecule has 7 nitrogen and oxygen atoms in total. The van der Waals surface area contributed by atoms with Gasteiger partial charge in [0.25, 0.3) is 0 Å². The highest BCUT2D eigenvalue weighted by Gasteiger charge is 2.21. The van der Waals surface area contributed by atoms with E-state index in [9.17, 15) is 9.59 Å². The van der Waals surface area contributed by atoms with Gasteiger partial charge in [-0.3, -0.25) is 4.79 Å². The van der Waals surface area contributed by atoms with E-state index in [2.05, 4.69) is 15.4 Å².